The number of carbonyl (C=O) groups is 1. The second-order valence-electron chi connectivity index (χ2n) is 4.46. The molecule has 1 atom stereocenters. The molecule has 0 radical (unpaired) electrons. The van der Waals surface area contributed by atoms with Gasteiger partial charge in [0, 0.05) is 11.7 Å². The fraction of sp³-hybridized carbons (Fsp3) is 0.455. The minimum Gasteiger partial charge on any atom is -0.348 e. The Morgan fingerprint density at radius 3 is 2.72 bits per heavy atom. The monoisotopic (exact) mass is 270 g/mol. The van der Waals surface area contributed by atoms with Crippen molar-refractivity contribution in [1.29, 1.82) is 0 Å². The summed E-state index contributed by atoms with van der Waals surface area (Å²) in [4.78, 5) is 25.9. The predicted molar refractivity (Wildman–Crippen MR) is 66.3 cm³/mol. The number of rotatable bonds is 2. The molecule has 0 spiro atoms. The summed E-state index contributed by atoms with van der Waals surface area (Å²) in [5.41, 5.74) is 0.207. The first-order valence-electron chi connectivity index (χ1n) is 5.58. The number of carbonyl (C=O) groups excluding carboxylic acids is 1. The normalized spacial score (nSPS) is 21.7. The Kier molecular flexibility index (Phi) is 3.25. The highest BCUT2D eigenvalue weighted by molar-refractivity contribution is 7.91. The van der Waals surface area contributed by atoms with Crippen LogP contribution in [0.4, 0.5) is 0 Å². The maximum absolute atomic E-state index is 11.8. The summed E-state index contributed by atoms with van der Waals surface area (Å²) in [6.07, 6.45) is 0.401. The average Bonchev–Trinajstić information content (AvgIpc) is 2.57. The molecule has 1 unspecified atom stereocenters. The molecule has 2 heterocycles. The van der Waals surface area contributed by atoms with Crippen LogP contribution >= 0.6 is 0 Å². The molecule has 1 amide bonds. The standard InChI is InChI=1S/C11H14N2O4S/c1-7-2-3-9(10(14)12-7)11(15)13-8-4-5-18(16,17)6-8/h2-3,8H,4-6H2,1H3,(H,12,14)(H,13,15). The smallest absolute Gasteiger partial charge is 0.260 e. The predicted octanol–water partition coefficient (Wildman–Crippen LogP) is -0.400. The number of aromatic amines is 1. The van der Waals surface area contributed by atoms with E-state index in [4.69, 9.17) is 0 Å². The number of aryl methyl sites for hydroxylation is 1. The summed E-state index contributed by atoms with van der Waals surface area (Å²) < 4.78 is 22.5. The fourth-order valence-corrected chi connectivity index (χ4v) is 3.60. The number of pyridine rings is 1. The Labute approximate surface area is 104 Å². The van der Waals surface area contributed by atoms with Crippen LogP contribution in [0.2, 0.25) is 0 Å². The van der Waals surface area contributed by atoms with E-state index in [2.05, 4.69) is 10.3 Å². The van der Waals surface area contributed by atoms with E-state index in [-0.39, 0.29) is 17.1 Å². The third-order valence-corrected chi connectivity index (χ3v) is 4.64. The van der Waals surface area contributed by atoms with Crippen LogP contribution in [0.25, 0.3) is 0 Å². The largest absolute Gasteiger partial charge is 0.348 e. The van der Waals surface area contributed by atoms with E-state index in [1.54, 1.807) is 13.0 Å². The van der Waals surface area contributed by atoms with Crippen LogP contribution in [-0.2, 0) is 9.84 Å². The Morgan fingerprint density at radius 2 is 2.17 bits per heavy atom. The molecule has 1 aromatic heterocycles. The third-order valence-electron chi connectivity index (χ3n) is 2.87. The molecule has 0 saturated carbocycles. The molecule has 0 aromatic carbocycles. The highest BCUT2D eigenvalue weighted by atomic mass is 32.2. The van der Waals surface area contributed by atoms with E-state index in [0.29, 0.717) is 12.1 Å². The van der Waals surface area contributed by atoms with Crippen molar-refractivity contribution in [2.75, 3.05) is 11.5 Å². The summed E-state index contributed by atoms with van der Waals surface area (Å²) in [6, 6.07) is 2.66. The molecular formula is C11H14N2O4S. The first kappa shape index (κ1) is 12.8. The van der Waals surface area contributed by atoms with Crippen LogP contribution < -0.4 is 10.9 Å². The van der Waals surface area contributed by atoms with Gasteiger partial charge >= 0.3 is 0 Å². The SMILES string of the molecule is Cc1ccc(C(=O)NC2CCS(=O)(=O)C2)c(=O)[nH]1. The minimum atomic E-state index is -3.04. The molecule has 18 heavy (non-hydrogen) atoms. The second kappa shape index (κ2) is 4.56. The lowest BCUT2D eigenvalue weighted by Gasteiger charge is -2.10. The summed E-state index contributed by atoms with van der Waals surface area (Å²) in [5, 5.41) is 2.57. The van der Waals surface area contributed by atoms with E-state index < -0.39 is 27.3 Å². The van der Waals surface area contributed by atoms with Crippen LogP contribution in [-0.4, -0.2) is 36.9 Å². The van der Waals surface area contributed by atoms with Gasteiger partial charge in [-0.05, 0) is 25.5 Å². The third kappa shape index (κ3) is 2.79. The van der Waals surface area contributed by atoms with E-state index in [0.717, 1.165) is 0 Å². The van der Waals surface area contributed by atoms with Gasteiger partial charge in [-0.3, -0.25) is 9.59 Å². The number of nitrogens with one attached hydrogen (secondary N) is 2. The summed E-state index contributed by atoms with van der Waals surface area (Å²) >= 11 is 0. The zero-order chi connectivity index (χ0) is 13.3. The molecule has 1 fully saturated rings. The molecule has 0 bridgehead atoms. The second-order valence-corrected chi connectivity index (χ2v) is 6.69. The molecule has 1 aliphatic heterocycles. The number of H-pyrrole nitrogens is 1. The average molecular weight is 270 g/mol. The van der Waals surface area contributed by atoms with Crippen LogP contribution in [0, 0.1) is 6.92 Å². The Morgan fingerprint density at radius 1 is 1.44 bits per heavy atom. The Balaban J connectivity index is 2.11. The van der Waals surface area contributed by atoms with Crippen LogP contribution in [0.3, 0.4) is 0 Å². The number of sulfone groups is 1. The summed E-state index contributed by atoms with van der Waals surface area (Å²) in [5.74, 6) is -0.497. The maximum atomic E-state index is 11.8. The Bertz CT molecular complexity index is 633. The fourth-order valence-electron chi connectivity index (χ4n) is 1.92. The highest BCUT2D eigenvalue weighted by Gasteiger charge is 2.29. The van der Waals surface area contributed by atoms with Gasteiger partial charge in [-0.1, -0.05) is 0 Å². The summed E-state index contributed by atoms with van der Waals surface area (Å²) in [7, 11) is -3.04. The first-order valence-corrected chi connectivity index (χ1v) is 7.41. The minimum absolute atomic E-state index is 0.00454. The molecule has 2 N–H and O–H groups in total. The Hall–Kier alpha value is -1.63. The van der Waals surface area contributed by atoms with Crippen LogP contribution in [0.5, 0.6) is 0 Å². The van der Waals surface area contributed by atoms with Gasteiger partial charge in [-0.25, -0.2) is 8.42 Å². The van der Waals surface area contributed by atoms with Gasteiger partial charge < -0.3 is 10.3 Å². The van der Waals surface area contributed by atoms with Gasteiger partial charge in [-0.15, -0.1) is 0 Å². The first-order chi connectivity index (χ1) is 8.37. The number of hydrogen-bond acceptors (Lipinski definition) is 4. The van der Waals surface area contributed by atoms with Gasteiger partial charge in [0.2, 0.25) is 0 Å². The van der Waals surface area contributed by atoms with Crippen LogP contribution in [0.1, 0.15) is 22.5 Å². The van der Waals surface area contributed by atoms with E-state index >= 15 is 0 Å². The molecule has 7 heteroatoms. The van der Waals surface area contributed by atoms with Crippen molar-refractivity contribution >= 4 is 15.7 Å². The molecule has 1 aromatic rings. The zero-order valence-electron chi connectivity index (χ0n) is 9.89. The summed E-state index contributed by atoms with van der Waals surface area (Å²) in [6.45, 7) is 1.71. The quantitative estimate of drug-likeness (QED) is 0.764. The van der Waals surface area contributed by atoms with E-state index in [1.165, 1.54) is 6.07 Å². The number of aromatic nitrogens is 1. The van der Waals surface area contributed by atoms with Crippen molar-refractivity contribution in [2.45, 2.75) is 19.4 Å². The number of amides is 1. The van der Waals surface area contributed by atoms with Crippen molar-refractivity contribution in [3.05, 3.63) is 33.7 Å². The van der Waals surface area contributed by atoms with E-state index in [1.807, 2.05) is 0 Å². The van der Waals surface area contributed by atoms with Crippen molar-refractivity contribution in [3.63, 3.8) is 0 Å². The van der Waals surface area contributed by atoms with Crippen molar-refractivity contribution in [2.24, 2.45) is 0 Å². The molecule has 1 aliphatic rings. The lowest BCUT2D eigenvalue weighted by molar-refractivity contribution is 0.0939. The van der Waals surface area contributed by atoms with Crippen molar-refractivity contribution in [3.8, 4) is 0 Å². The molecule has 98 valence electrons. The molecule has 6 nitrogen and oxygen atoms in total. The highest BCUT2D eigenvalue weighted by Crippen LogP contribution is 2.11. The van der Waals surface area contributed by atoms with Crippen molar-refractivity contribution in [1.82, 2.24) is 10.3 Å². The number of hydrogen-bond donors (Lipinski definition) is 2. The van der Waals surface area contributed by atoms with Gasteiger partial charge in [0.1, 0.15) is 5.56 Å². The molecular weight excluding hydrogens is 256 g/mol. The van der Waals surface area contributed by atoms with Gasteiger partial charge in [-0.2, -0.15) is 0 Å². The van der Waals surface area contributed by atoms with Gasteiger partial charge in [0.05, 0.1) is 11.5 Å². The molecule has 1 saturated heterocycles. The lowest BCUT2D eigenvalue weighted by Crippen LogP contribution is -2.38. The topological polar surface area (TPSA) is 96.1 Å². The maximum Gasteiger partial charge on any atom is 0.260 e. The molecule has 0 aliphatic carbocycles. The zero-order valence-corrected chi connectivity index (χ0v) is 10.7. The van der Waals surface area contributed by atoms with Crippen molar-refractivity contribution < 1.29 is 13.2 Å². The lowest BCUT2D eigenvalue weighted by atomic mass is 10.2. The van der Waals surface area contributed by atoms with Crippen LogP contribution in [0.15, 0.2) is 16.9 Å². The van der Waals surface area contributed by atoms with Gasteiger partial charge in [0.25, 0.3) is 11.5 Å². The van der Waals surface area contributed by atoms with Gasteiger partial charge in [0.15, 0.2) is 9.84 Å². The molecule has 2 rings (SSSR count). The van der Waals surface area contributed by atoms with E-state index in [9.17, 15) is 18.0 Å².